The van der Waals surface area contributed by atoms with E-state index < -0.39 is 0 Å². The van der Waals surface area contributed by atoms with Gasteiger partial charge in [-0.05, 0) is 11.1 Å². The maximum atomic E-state index is 12.3. The third-order valence-electron chi connectivity index (χ3n) is 4.63. The molecule has 0 fully saturated rings. The molecule has 4 unspecified atom stereocenters. The lowest BCUT2D eigenvalue weighted by molar-refractivity contribution is -0.145. The average molecular weight is 449 g/mol. The van der Waals surface area contributed by atoms with E-state index in [0.29, 0.717) is 19.8 Å². The van der Waals surface area contributed by atoms with Crippen LogP contribution < -0.4 is 0 Å². The van der Waals surface area contributed by atoms with Gasteiger partial charge in [0, 0.05) is 18.9 Å². The first kappa shape index (κ1) is 22.6. The average Bonchev–Trinajstić information content (AvgIpc) is 2.75. The van der Waals surface area contributed by atoms with Crippen LogP contribution in [0.15, 0.2) is 60.7 Å². The van der Waals surface area contributed by atoms with E-state index >= 15 is 0 Å². The Labute approximate surface area is 176 Å². The molecule has 0 radical (unpaired) electrons. The Kier molecular flexibility index (Phi) is 9.68. The van der Waals surface area contributed by atoms with E-state index in [1.165, 1.54) is 0 Å². The normalized spacial score (nSPS) is 15.4. The molecule has 0 N–H and O–H groups in total. The Bertz CT molecular complexity index is 692. The van der Waals surface area contributed by atoms with Gasteiger partial charge in [-0.25, -0.2) is 0 Å². The highest BCUT2D eigenvalue weighted by Gasteiger charge is 2.25. The van der Waals surface area contributed by atoms with Gasteiger partial charge < -0.3 is 14.2 Å². The summed E-state index contributed by atoms with van der Waals surface area (Å²) in [6.07, 6.45) is -0.102. The molecule has 5 heteroatoms. The molecule has 0 saturated heterocycles. The number of halogens is 1. The Morgan fingerprint density at radius 1 is 0.893 bits per heavy atom. The second-order valence-electron chi connectivity index (χ2n) is 7.01. The smallest absolute Gasteiger partial charge is 0.320 e. The molecule has 0 aromatic heterocycles. The summed E-state index contributed by atoms with van der Waals surface area (Å²) in [5.74, 6) is -0.111. The summed E-state index contributed by atoms with van der Waals surface area (Å²) in [6, 6.07) is 19.9. The molecule has 0 aliphatic rings. The first-order chi connectivity index (χ1) is 13.5. The molecule has 28 heavy (non-hydrogen) atoms. The fourth-order valence-corrected chi connectivity index (χ4v) is 3.26. The molecule has 2 aromatic carbocycles. The van der Waals surface area contributed by atoms with E-state index in [1.807, 2.05) is 74.5 Å². The van der Waals surface area contributed by atoms with E-state index in [9.17, 15) is 4.79 Å². The number of ether oxygens (including phenoxy) is 3. The second-order valence-corrected chi connectivity index (χ2v) is 8.00. The van der Waals surface area contributed by atoms with Crippen LogP contribution in [-0.4, -0.2) is 37.7 Å². The van der Waals surface area contributed by atoms with Crippen molar-refractivity contribution < 1.29 is 19.0 Å². The summed E-state index contributed by atoms with van der Waals surface area (Å²) >= 11 is 3.48. The summed E-state index contributed by atoms with van der Waals surface area (Å²) in [5, 5.41) is 0. The van der Waals surface area contributed by atoms with Crippen molar-refractivity contribution in [1.29, 1.82) is 0 Å². The number of benzene rings is 2. The summed E-state index contributed by atoms with van der Waals surface area (Å²) in [5.41, 5.74) is 2.19. The van der Waals surface area contributed by atoms with E-state index in [2.05, 4.69) is 15.9 Å². The number of methoxy groups -OCH3 is 1. The number of rotatable bonds is 11. The van der Waals surface area contributed by atoms with Crippen LogP contribution in [0, 0.1) is 5.92 Å². The Hall–Kier alpha value is -1.69. The van der Waals surface area contributed by atoms with Gasteiger partial charge in [0.2, 0.25) is 0 Å². The minimum Gasteiger partial charge on any atom is -0.464 e. The van der Waals surface area contributed by atoms with Crippen LogP contribution in [0.25, 0.3) is 0 Å². The number of hydrogen-bond acceptors (Lipinski definition) is 4. The molecule has 4 nitrogen and oxygen atoms in total. The first-order valence-electron chi connectivity index (χ1n) is 9.54. The lowest BCUT2D eigenvalue weighted by Gasteiger charge is -2.20. The number of carbonyl (C=O) groups excluding carboxylic acids is 1. The lowest BCUT2D eigenvalue weighted by atomic mass is 9.98. The van der Waals surface area contributed by atoms with E-state index in [4.69, 9.17) is 14.2 Å². The molecular formula is C23H29BrO4. The Balaban J connectivity index is 1.71. The van der Waals surface area contributed by atoms with Crippen LogP contribution in [0.5, 0.6) is 0 Å². The minimum absolute atomic E-state index is 0.0357. The standard InChI is InChI=1S/C23H29BrO4/c1-17(14-27-16-21(26-3)20-12-8-5-9-13-20)15-28-23(25)22(24)18(2)19-10-6-4-7-11-19/h4-13,17-18,21-22H,14-16H2,1-3H3. The molecule has 0 aliphatic heterocycles. The summed E-state index contributed by atoms with van der Waals surface area (Å²) in [7, 11) is 1.68. The molecule has 0 aliphatic carbocycles. The van der Waals surface area contributed by atoms with Crippen molar-refractivity contribution in [2.45, 2.75) is 30.7 Å². The number of hydrogen-bond donors (Lipinski definition) is 0. The van der Waals surface area contributed by atoms with Crippen LogP contribution in [0.1, 0.15) is 37.0 Å². The predicted octanol–water partition coefficient (Wildman–Crippen LogP) is 5.14. The molecule has 2 rings (SSSR count). The zero-order chi connectivity index (χ0) is 20.4. The monoisotopic (exact) mass is 448 g/mol. The molecule has 4 atom stereocenters. The highest BCUT2D eigenvalue weighted by molar-refractivity contribution is 9.10. The summed E-state index contributed by atoms with van der Waals surface area (Å²) in [6.45, 7) is 5.30. The Morgan fingerprint density at radius 3 is 2.04 bits per heavy atom. The van der Waals surface area contributed by atoms with Crippen LogP contribution in [-0.2, 0) is 19.0 Å². The molecule has 0 saturated carbocycles. The highest BCUT2D eigenvalue weighted by Crippen LogP contribution is 2.25. The van der Waals surface area contributed by atoms with Crippen molar-refractivity contribution in [3.63, 3.8) is 0 Å². The van der Waals surface area contributed by atoms with Crippen LogP contribution in [0.4, 0.5) is 0 Å². The van der Waals surface area contributed by atoms with Gasteiger partial charge in [0.25, 0.3) is 0 Å². The largest absolute Gasteiger partial charge is 0.464 e. The lowest BCUT2D eigenvalue weighted by Crippen LogP contribution is -2.26. The Morgan fingerprint density at radius 2 is 1.46 bits per heavy atom. The van der Waals surface area contributed by atoms with Gasteiger partial charge in [0.05, 0.1) is 19.8 Å². The molecule has 152 valence electrons. The van der Waals surface area contributed by atoms with Crippen molar-refractivity contribution in [3.8, 4) is 0 Å². The van der Waals surface area contributed by atoms with Crippen molar-refractivity contribution in [1.82, 2.24) is 0 Å². The zero-order valence-corrected chi connectivity index (χ0v) is 18.3. The van der Waals surface area contributed by atoms with E-state index in [-0.39, 0.29) is 28.7 Å². The van der Waals surface area contributed by atoms with Crippen LogP contribution >= 0.6 is 15.9 Å². The summed E-state index contributed by atoms with van der Waals surface area (Å²) < 4.78 is 16.8. The number of esters is 1. The van der Waals surface area contributed by atoms with Gasteiger partial charge in [0.1, 0.15) is 10.9 Å². The SMILES string of the molecule is COC(COCC(C)COC(=O)C(Br)C(C)c1ccccc1)c1ccccc1. The molecular weight excluding hydrogens is 420 g/mol. The van der Waals surface area contributed by atoms with Crippen LogP contribution in [0.2, 0.25) is 0 Å². The van der Waals surface area contributed by atoms with Gasteiger partial charge in [0.15, 0.2) is 0 Å². The fourth-order valence-electron chi connectivity index (χ4n) is 2.83. The fraction of sp³-hybridized carbons (Fsp3) is 0.435. The van der Waals surface area contributed by atoms with Gasteiger partial charge in [-0.3, -0.25) is 4.79 Å². The van der Waals surface area contributed by atoms with E-state index in [0.717, 1.165) is 11.1 Å². The minimum atomic E-state index is -0.376. The summed E-state index contributed by atoms with van der Waals surface area (Å²) in [4.78, 5) is 12.0. The van der Waals surface area contributed by atoms with Gasteiger partial charge in [-0.15, -0.1) is 0 Å². The quantitative estimate of drug-likeness (QED) is 0.352. The van der Waals surface area contributed by atoms with Crippen molar-refractivity contribution in [2.75, 3.05) is 26.9 Å². The van der Waals surface area contributed by atoms with Gasteiger partial charge in [-0.1, -0.05) is 90.4 Å². The van der Waals surface area contributed by atoms with Gasteiger partial charge >= 0.3 is 5.97 Å². The molecule has 2 aromatic rings. The number of alkyl halides is 1. The predicted molar refractivity (Wildman–Crippen MR) is 115 cm³/mol. The molecule has 0 heterocycles. The maximum Gasteiger partial charge on any atom is 0.320 e. The van der Waals surface area contributed by atoms with E-state index in [1.54, 1.807) is 7.11 Å². The second kappa shape index (κ2) is 12.0. The molecule has 0 spiro atoms. The van der Waals surface area contributed by atoms with Crippen LogP contribution in [0.3, 0.4) is 0 Å². The van der Waals surface area contributed by atoms with Crippen molar-refractivity contribution >= 4 is 21.9 Å². The first-order valence-corrected chi connectivity index (χ1v) is 10.5. The van der Waals surface area contributed by atoms with Crippen molar-refractivity contribution in [3.05, 3.63) is 71.8 Å². The van der Waals surface area contributed by atoms with Gasteiger partial charge in [-0.2, -0.15) is 0 Å². The third kappa shape index (κ3) is 7.04. The number of carbonyl (C=O) groups is 1. The topological polar surface area (TPSA) is 44.8 Å². The molecule has 0 amide bonds. The zero-order valence-electron chi connectivity index (χ0n) is 16.7. The maximum absolute atomic E-state index is 12.3. The third-order valence-corrected chi connectivity index (χ3v) is 5.79. The highest BCUT2D eigenvalue weighted by atomic mass is 79.9. The molecule has 0 bridgehead atoms. The van der Waals surface area contributed by atoms with Crippen molar-refractivity contribution in [2.24, 2.45) is 5.92 Å².